The van der Waals surface area contributed by atoms with Crippen LogP contribution in [0.4, 0.5) is 9.18 Å². The molecule has 2 aromatic carbocycles. The van der Waals surface area contributed by atoms with Crippen LogP contribution < -0.4 is 5.32 Å². The zero-order valence-electron chi connectivity index (χ0n) is 12.6. The fraction of sp³-hybridized carbons (Fsp3) is 0.118. The molecule has 0 fully saturated rings. The van der Waals surface area contributed by atoms with Crippen molar-refractivity contribution in [3.63, 3.8) is 0 Å². The smallest absolute Gasteiger partial charge is 0.407 e. The zero-order valence-corrected chi connectivity index (χ0v) is 12.6. The van der Waals surface area contributed by atoms with Crippen LogP contribution in [-0.4, -0.2) is 16.3 Å². The second kappa shape index (κ2) is 7.36. The molecule has 0 aliphatic heterocycles. The van der Waals surface area contributed by atoms with Crippen molar-refractivity contribution in [2.75, 3.05) is 0 Å². The van der Waals surface area contributed by atoms with Gasteiger partial charge in [0.2, 0.25) is 11.8 Å². The Morgan fingerprint density at radius 1 is 1.08 bits per heavy atom. The van der Waals surface area contributed by atoms with Crippen molar-refractivity contribution in [2.45, 2.75) is 13.2 Å². The van der Waals surface area contributed by atoms with Crippen LogP contribution in [-0.2, 0) is 17.9 Å². The van der Waals surface area contributed by atoms with Crippen LogP contribution in [0, 0.1) is 5.82 Å². The molecular formula is C17H14FN3O3. The molecule has 0 bridgehead atoms. The Hall–Kier alpha value is -3.22. The van der Waals surface area contributed by atoms with E-state index in [-0.39, 0.29) is 30.8 Å². The molecule has 3 rings (SSSR count). The summed E-state index contributed by atoms with van der Waals surface area (Å²) in [5.41, 5.74) is 1.49. The van der Waals surface area contributed by atoms with Crippen LogP contribution in [0.2, 0.25) is 0 Å². The Morgan fingerprint density at radius 2 is 1.83 bits per heavy atom. The number of nitrogens with zero attached hydrogens (tertiary/aromatic N) is 2. The third-order valence-electron chi connectivity index (χ3n) is 3.15. The molecule has 0 unspecified atom stereocenters. The molecule has 1 N–H and O–H groups in total. The van der Waals surface area contributed by atoms with Gasteiger partial charge in [-0.3, -0.25) is 0 Å². The van der Waals surface area contributed by atoms with Gasteiger partial charge in [-0.1, -0.05) is 30.3 Å². The number of aromatic nitrogens is 2. The van der Waals surface area contributed by atoms with Gasteiger partial charge in [-0.25, -0.2) is 9.18 Å². The highest BCUT2D eigenvalue weighted by molar-refractivity contribution is 5.67. The molecule has 0 saturated carbocycles. The molecule has 0 atom stereocenters. The first-order valence-electron chi connectivity index (χ1n) is 7.23. The maximum absolute atomic E-state index is 12.9. The van der Waals surface area contributed by atoms with E-state index in [4.69, 9.17) is 9.15 Å². The van der Waals surface area contributed by atoms with Gasteiger partial charge in [0.25, 0.3) is 0 Å². The van der Waals surface area contributed by atoms with E-state index in [1.807, 2.05) is 30.3 Å². The number of nitrogens with one attached hydrogen (secondary N) is 1. The van der Waals surface area contributed by atoms with Crippen LogP contribution in [0.3, 0.4) is 0 Å². The van der Waals surface area contributed by atoms with Gasteiger partial charge in [-0.05, 0) is 29.8 Å². The molecule has 1 heterocycles. The van der Waals surface area contributed by atoms with Gasteiger partial charge >= 0.3 is 6.09 Å². The van der Waals surface area contributed by atoms with Crippen molar-refractivity contribution in [1.29, 1.82) is 0 Å². The molecule has 3 aromatic rings. The van der Waals surface area contributed by atoms with E-state index in [2.05, 4.69) is 15.5 Å². The molecule has 6 nitrogen and oxygen atoms in total. The van der Waals surface area contributed by atoms with Gasteiger partial charge in [0, 0.05) is 5.56 Å². The summed E-state index contributed by atoms with van der Waals surface area (Å²) < 4.78 is 23.4. The third kappa shape index (κ3) is 4.16. The quantitative estimate of drug-likeness (QED) is 0.778. The van der Waals surface area contributed by atoms with E-state index in [0.717, 1.165) is 5.56 Å². The van der Waals surface area contributed by atoms with E-state index in [9.17, 15) is 9.18 Å². The lowest BCUT2D eigenvalue weighted by Crippen LogP contribution is -2.23. The zero-order chi connectivity index (χ0) is 16.8. The minimum atomic E-state index is -0.583. The average molecular weight is 327 g/mol. The second-order valence-corrected chi connectivity index (χ2v) is 4.92. The molecule has 0 saturated heterocycles. The molecule has 0 radical (unpaired) electrons. The summed E-state index contributed by atoms with van der Waals surface area (Å²) in [6.07, 6.45) is -0.583. The van der Waals surface area contributed by atoms with Crippen LogP contribution in [0.15, 0.2) is 59.0 Å². The number of amides is 1. The topological polar surface area (TPSA) is 77.3 Å². The molecule has 122 valence electrons. The van der Waals surface area contributed by atoms with E-state index < -0.39 is 6.09 Å². The number of hydrogen-bond donors (Lipinski definition) is 1. The summed E-state index contributed by atoms with van der Waals surface area (Å²) >= 11 is 0. The number of carbonyl (C=O) groups excluding carboxylic acids is 1. The fourth-order valence-corrected chi connectivity index (χ4v) is 1.96. The predicted octanol–water partition coefficient (Wildman–Crippen LogP) is 3.30. The van der Waals surface area contributed by atoms with Gasteiger partial charge in [0.1, 0.15) is 12.4 Å². The largest absolute Gasteiger partial charge is 0.445 e. The summed E-state index contributed by atoms with van der Waals surface area (Å²) in [5.74, 6) is 0.136. The minimum Gasteiger partial charge on any atom is -0.445 e. The number of alkyl carbamates (subject to hydrolysis) is 1. The normalized spacial score (nSPS) is 10.4. The molecule has 1 amide bonds. The van der Waals surface area contributed by atoms with Crippen molar-refractivity contribution in [3.05, 3.63) is 71.9 Å². The lowest BCUT2D eigenvalue weighted by atomic mass is 10.2. The summed E-state index contributed by atoms with van der Waals surface area (Å²) in [6, 6.07) is 15.0. The summed E-state index contributed by atoms with van der Waals surface area (Å²) in [7, 11) is 0. The van der Waals surface area contributed by atoms with Gasteiger partial charge in [0.05, 0.1) is 6.54 Å². The van der Waals surface area contributed by atoms with Crippen LogP contribution in [0.5, 0.6) is 0 Å². The van der Waals surface area contributed by atoms with Gasteiger partial charge in [-0.2, -0.15) is 0 Å². The summed E-state index contributed by atoms with van der Waals surface area (Å²) in [6.45, 7) is 0.221. The van der Waals surface area contributed by atoms with Gasteiger partial charge in [0.15, 0.2) is 0 Å². The Labute approximate surface area is 137 Å². The van der Waals surface area contributed by atoms with E-state index in [1.165, 1.54) is 24.3 Å². The Bertz CT molecular complexity index is 803. The first-order chi connectivity index (χ1) is 11.7. The van der Waals surface area contributed by atoms with Crippen molar-refractivity contribution < 1.29 is 18.3 Å². The number of ether oxygens (including phenoxy) is 1. The monoisotopic (exact) mass is 327 g/mol. The van der Waals surface area contributed by atoms with E-state index >= 15 is 0 Å². The number of halogens is 1. The first kappa shape index (κ1) is 15.7. The predicted molar refractivity (Wildman–Crippen MR) is 83.2 cm³/mol. The number of carbonyl (C=O) groups is 1. The number of rotatable bonds is 5. The van der Waals surface area contributed by atoms with Crippen molar-refractivity contribution in [3.8, 4) is 11.5 Å². The fourth-order valence-electron chi connectivity index (χ4n) is 1.96. The summed E-state index contributed by atoms with van der Waals surface area (Å²) in [4.78, 5) is 11.6. The first-order valence-corrected chi connectivity index (χ1v) is 7.23. The average Bonchev–Trinajstić information content (AvgIpc) is 3.09. The van der Waals surface area contributed by atoms with E-state index in [1.54, 1.807) is 0 Å². The number of hydrogen-bond acceptors (Lipinski definition) is 5. The molecule has 7 heteroatoms. The maximum Gasteiger partial charge on any atom is 0.407 e. The minimum absolute atomic E-state index is 0.0435. The maximum atomic E-state index is 12.9. The highest BCUT2D eigenvalue weighted by Crippen LogP contribution is 2.17. The van der Waals surface area contributed by atoms with Gasteiger partial charge < -0.3 is 14.5 Å². The third-order valence-corrected chi connectivity index (χ3v) is 3.15. The Kier molecular flexibility index (Phi) is 4.81. The SMILES string of the molecule is O=C(NCc1nnc(-c2ccc(F)cc2)o1)OCc1ccccc1. The Balaban J connectivity index is 1.50. The molecule has 24 heavy (non-hydrogen) atoms. The highest BCUT2D eigenvalue weighted by Gasteiger charge is 2.10. The molecular weight excluding hydrogens is 313 g/mol. The lowest BCUT2D eigenvalue weighted by molar-refractivity contribution is 0.138. The van der Waals surface area contributed by atoms with Gasteiger partial charge in [-0.15, -0.1) is 10.2 Å². The van der Waals surface area contributed by atoms with Crippen LogP contribution >= 0.6 is 0 Å². The number of benzene rings is 2. The lowest BCUT2D eigenvalue weighted by Gasteiger charge is -2.05. The standard InChI is InChI=1S/C17H14FN3O3/c18-14-8-6-13(7-9-14)16-21-20-15(24-16)10-19-17(22)23-11-12-4-2-1-3-5-12/h1-9H,10-11H2,(H,19,22). The van der Waals surface area contributed by atoms with Crippen molar-refractivity contribution in [1.82, 2.24) is 15.5 Å². The second-order valence-electron chi connectivity index (χ2n) is 4.92. The van der Waals surface area contributed by atoms with E-state index in [0.29, 0.717) is 5.56 Å². The van der Waals surface area contributed by atoms with Crippen LogP contribution in [0.25, 0.3) is 11.5 Å². The molecule has 0 spiro atoms. The van der Waals surface area contributed by atoms with Crippen molar-refractivity contribution >= 4 is 6.09 Å². The highest BCUT2D eigenvalue weighted by atomic mass is 19.1. The Morgan fingerprint density at radius 3 is 2.58 bits per heavy atom. The molecule has 1 aromatic heterocycles. The van der Waals surface area contributed by atoms with Crippen molar-refractivity contribution in [2.24, 2.45) is 0 Å². The molecule has 0 aliphatic rings. The molecule has 0 aliphatic carbocycles. The van der Waals surface area contributed by atoms with Crippen LogP contribution in [0.1, 0.15) is 11.5 Å². The summed E-state index contributed by atoms with van der Waals surface area (Å²) in [5, 5.41) is 10.2.